The topological polar surface area (TPSA) is 146 Å². The number of nitrogens with one attached hydrogen (secondary N) is 2. The lowest BCUT2D eigenvalue weighted by atomic mass is 10.3. The second-order valence-corrected chi connectivity index (χ2v) is 7.46. The summed E-state index contributed by atoms with van der Waals surface area (Å²) in [7, 11) is 0. The Morgan fingerprint density at radius 2 is 2.23 bits per heavy atom. The number of aliphatic hydroxyl groups is 1. The highest BCUT2D eigenvalue weighted by atomic mass is 35.5. The molecule has 0 unspecified atom stereocenters. The number of hydrogen-bond donors (Lipinski definition) is 4. The van der Waals surface area contributed by atoms with Crippen LogP contribution >= 0.6 is 11.6 Å². The van der Waals surface area contributed by atoms with Crippen molar-refractivity contribution in [2.75, 3.05) is 5.32 Å². The molecule has 1 aliphatic carbocycles. The summed E-state index contributed by atoms with van der Waals surface area (Å²) in [4.78, 5) is 27.7. The van der Waals surface area contributed by atoms with Crippen LogP contribution in [0.2, 0.25) is 5.02 Å². The maximum absolute atomic E-state index is 11.8. The number of fused-ring (bicyclic) bond motifs is 1. The number of pyridine rings is 1. The van der Waals surface area contributed by atoms with E-state index < -0.39 is 12.4 Å². The van der Waals surface area contributed by atoms with Crippen LogP contribution in [0.3, 0.4) is 0 Å². The molecule has 0 atom stereocenters. The molecule has 0 radical (unpaired) electrons. The third kappa shape index (κ3) is 3.64. The minimum absolute atomic E-state index is 0.131. The van der Waals surface area contributed by atoms with Crippen LogP contribution in [0.25, 0.3) is 11.7 Å². The summed E-state index contributed by atoms with van der Waals surface area (Å²) in [5.74, 6) is 0.119. The van der Waals surface area contributed by atoms with Crippen molar-refractivity contribution in [1.82, 2.24) is 29.1 Å². The van der Waals surface area contributed by atoms with Crippen molar-refractivity contribution in [3.05, 3.63) is 62.6 Å². The second kappa shape index (κ2) is 7.52. The van der Waals surface area contributed by atoms with Crippen molar-refractivity contribution >= 4 is 34.8 Å². The highest BCUT2D eigenvalue weighted by molar-refractivity contribution is 6.33. The van der Waals surface area contributed by atoms with Gasteiger partial charge >= 0.3 is 5.69 Å². The zero-order valence-electron chi connectivity index (χ0n) is 16.0. The molecule has 1 aliphatic rings. The van der Waals surface area contributed by atoms with Gasteiger partial charge in [-0.25, -0.2) is 14.3 Å². The van der Waals surface area contributed by atoms with E-state index in [0.717, 1.165) is 17.4 Å². The van der Waals surface area contributed by atoms with E-state index in [1.807, 2.05) is 0 Å². The summed E-state index contributed by atoms with van der Waals surface area (Å²) in [5, 5.41) is 28.0. The fourth-order valence-electron chi connectivity index (χ4n) is 3.09. The van der Waals surface area contributed by atoms with Gasteiger partial charge in [0.15, 0.2) is 11.1 Å². The molecule has 0 aromatic carbocycles. The maximum Gasteiger partial charge on any atom is 0.330 e. The van der Waals surface area contributed by atoms with Crippen LogP contribution in [-0.4, -0.2) is 45.4 Å². The number of halogens is 1. The van der Waals surface area contributed by atoms with Gasteiger partial charge in [0.2, 0.25) is 5.88 Å². The zero-order chi connectivity index (χ0) is 21.5. The Balaban J connectivity index is 1.69. The van der Waals surface area contributed by atoms with Gasteiger partial charge in [-0.15, -0.1) is 0 Å². The zero-order valence-corrected chi connectivity index (χ0v) is 16.8. The minimum atomic E-state index is -0.646. The van der Waals surface area contributed by atoms with E-state index in [1.54, 1.807) is 29.0 Å². The van der Waals surface area contributed by atoms with Crippen molar-refractivity contribution in [1.29, 1.82) is 0 Å². The van der Waals surface area contributed by atoms with E-state index in [-0.39, 0.29) is 17.6 Å². The molecule has 4 aromatic heterocycles. The van der Waals surface area contributed by atoms with Gasteiger partial charge in [0.1, 0.15) is 18.2 Å². The standard InChI is InChI=1S/C19H17ClN8O3/c20-12-8-21-4-3-13(12)24-15-6-16(23-11-1-2-11)28-17(26-15)10(7-22-28)5-14-18(30)27(9-29)19(31)25-14/h3-8,11,29-30H,1-2,9H2,(H,21,24)(H,25,31). The predicted molar refractivity (Wildman–Crippen MR) is 112 cm³/mol. The molecule has 0 amide bonds. The molecule has 0 bridgehead atoms. The second-order valence-electron chi connectivity index (χ2n) is 7.06. The van der Waals surface area contributed by atoms with Gasteiger partial charge in [-0.2, -0.15) is 9.61 Å². The molecular weight excluding hydrogens is 424 g/mol. The van der Waals surface area contributed by atoms with Gasteiger partial charge in [0, 0.05) is 23.7 Å². The number of aliphatic hydroxyl groups excluding tert-OH is 1. The summed E-state index contributed by atoms with van der Waals surface area (Å²) in [6.45, 7) is -0.646. The fraction of sp³-hybridized carbons (Fsp3) is 0.211. The van der Waals surface area contributed by atoms with Gasteiger partial charge < -0.3 is 20.5 Å². The monoisotopic (exact) mass is 440 g/mol. The van der Waals surface area contributed by atoms with E-state index in [0.29, 0.717) is 32.9 Å². The first kappa shape index (κ1) is 19.3. The summed E-state index contributed by atoms with van der Waals surface area (Å²) < 4.78 is 2.40. The lowest BCUT2D eigenvalue weighted by molar-refractivity contribution is 0.192. The van der Waals surface area contributed by atoms with Crippen molar-refractivity contribution in [3.63, 3.8) is 0 Å². The van der Waals surface area contributed by atoms with E-state index in [2.05, 4.69) is 25.4 Å². The number of nitrogens with zero attached hydrogens (tertiary/aromatic N) is 6. The quantitative estimate of drug-likeness (QED) is 0.348. The molecule has 0 spiro atoms. The molecule has 1 fully saturated rings. The van der Waals surface area contributed by atoms with Gasteiger partial charge in [0.25, 0.3) is 0 Å². The van der Waals surface area contributed by atoms with Gasteiger partial charge in [0.05, 0.1) is 22.9 Å². The van der Waals surface area contributed by atoms with Crippen LogP contribution in [-0.2, 0) is 6.73 Å². The highest BCUT2D eigenvalue weighted by Crippen LogP contribution is 2.24. The minimum Gasteiger partial charge on any atom is -0.493 e. The van der Waals surface area contributed by atoms with Crippen molar-refractivity contribution in [2.24, 2.45) is 4.99 Å². The third-order valence-corrected chi connectivity index (χ3v) is 5.10. The number of aromatic amines is 1. The van der Waals surface area contributed by atoms with Crippen LogP contribution in [0, 0.1) is 0 Å². The summed E-state index contributed by atoms with van der Waals surface area (Å²) in [6.07, 6.45) is 8.28. The van der Waals surface area contributed by atoms with Crippen LogP contribution in [0.1, 0.15) is 18.5 Å². The SMILES string of the molecule is O=c1[nH]c(C=c2cnn3c(=NC4CC4)cc(Nc4ccncc4Cl)nc23)c(O)n1CO. The average molecular weight is 441 g/mol. The third-order valence-electron chi connectivity index (χ3n) is 4.80. The van der Waals surface area contributed by atoms with E-state index in [1.165, 1.54) is 12.3 Å². The lowest BCUT2D eigenvalue weighted by Gasteiger charge is -2.07. The lowest BCUT2D eigenvalue weighted by Crippen LogP contribution is -2.19. The first-order chi connectivity index (χ1) is 15.0. The number of H-pyrrole nitrogens is 1. The normalized spacial score (nSPS) is 15.2. The van der Waals surface area contributed by atoms with Crippen molar-refractivity contribution in [2.45, 2.75) is 25.6 Å². The molecule has 5 rings (SSSR count). The number of aromatic nitrogens is 6. The summed E-state index contributed by atoms with van der Waals surface area (Å²) >= 11 is 6.21. The highest BCUT2D eigenvalue weighted by Gasteiger charge is 2.20. The Labute approximate surface area is 179 Å². The van der Waals surface area contributed by atoms with Crippen LogP contribution in [0.5, 0.6) is 5.88 Å². The molecular formula is C19H17ClN8O3. The Morgan fingerprint density at radius 3 is 2.94 bits per heavy atom. The molecule has 0 aliphatic heterocycles. The molecule has 11 nitrogen and oxygen atoms in total. The molecule has 4 N–H and O–H groups in total. The summed E-state index contributed by atoms with van der Waals surface area (Å²) in [5.41, 5.74) is 1.22. The van der Waals surface area contributed by atoms with E-state index in [4.69, 9.17) is 16.6 Å². The number of rotatable bonds is 5. The molecule has 12 heteroatoms. The Bertz CT molecular complexity index is 1470. The largest absolute Gasteiger partial charge is 0.493 e. The first-order valence-electron chi connectivity index (χ1n) is 9.47. The Kier molecular flexibility index (Phi) is 4.68. The number of aromatic hydroxyl groups is 1. The molecule has 31 heavy (non-hydrogen) atoms. The molecule has 158 valence electrons. The van der Waals surface area contributed by atoms with E-state index >= 15 is 0 Å². The average Bonchev–Trinajstić information content (AvgIpc) is 3.41. The van der Waals surface area contributed by atoms with Crippen molar-refractivity contribution < 1.29 is 10.2 Å². The Morgan fingerprint density at radius 1 is 1.39 bits per heavy atom. The number of imidazole rings is 1. The number of anilines is 2. The molecule has 1 saturated carbocycles. The van der Waals surface area contributed by atoms with Crippen LogP contribution in [0.15, 0.2) is 40.5 Å². The first-order valence-corrected chi connectivity index (χ1v) is 9.85. The van der Waals surface area contributed by atoms with Gasteiger partial charge in [-0.1, -0.05) is 11.6 Å². The Hall–Kier alpha value is -3.70. The van der Waals surface area contributed by atoms with Crippen molar-refractivity contribution in [3.8, 4) is 5.88 Å². The maximum atomic E-state index is 11.8. The van der Waals surface area contributed by atoms with Gasteiger partial charge in [-0.3, -0.25) is 9.98 Å². The molecule has 0 saturated heterocycles. The van der Waals surface area contributed by atoms with Crippen LogP contribution < -0.4 is 21.7 Å². The smallest absolute Gasteiger partial charge is 0.330 e. The van der Waals surface area contributed by atoms with Crippen LogP contribution in [0.4, 0.5) is 11.5 Å². The van der Waals surface area contributed by atoms with Gasteiger partial charge in [-0.05, 0) is 25.0 Å². The van der Waals surface area contributed by atoms with E-state index in [9.17, 15) is 15.0 Å². The summed E-state index contributed by atoms with van der Waals surface area (Å²) in [6, 6.07) is 3.76. The predicted octanol–water partition coefficient (Wildman–Crippen LogP) is 0.277. The molecule has 4 heterocycles. The number of hydrogen-bond acceptors (Lipinski definition) is 8. The molecule has 4 aromatic rings. The fourth-order valence-corrected chi connectivity index (χ4v) is 3.26.